The van der Waals surface area contributed by atoms with E-state index in [9.17, 15) is 4.79 Å². The smallest absolute Gasteiger partial charge is 0.163 e. The van der Waals surface area contributed by atoms with E-state index >= 15 is 0 Å². The zero-order valence-corrected chi connectivity index (χ0v) is 13.0. The van der Waals surface area contributed by atoms with Crippen LogP contribution in [0, 0.1) is 5.92 Å². The van der Waals surface area contributed by atoms with Crippen molar-refractivity contribution < 1.29 is 4.79 Å². The standard InChI is InChI=1S/C21H22O/c1-3-4-11-17(2)20(18-12-7-5-8-13-18)16-21(22)19-14-9-6-10-15-19/h3-15,17,20H,1,16H2,2H3. The van der Waals surface area contributed by atoms with E-state index in [1.165, 1.54) is 5.56 Å². The molecule has 2 aromatic rings. The summed E-state index contributed by atoms with van der Waals surface area (Å²) in [6.45, 7) is 5.87. The van der Waals surface area contributed by atoms with Gasteiger partial charge >= 0.3 is 0 Å². The highest BCUT2D eigenvalue weighted by Crippen LogP contribution is 2.30. The summed E-state index contributed by atoms with van der Waals surface area (Å²) < 4.78 is 0. The van der Waals surface area contributed by atoms with Crippen molar-refractivity contribution in [3.8, 4) is 0 Å². The van der Waals surface area contributed by atoms with Crippen molar-refractivity contribution in [1.82, 2.24) is 0 Å². The number of ketones is 1. The van der Waals surface area contributed by atoms with Crippen molar-refractivity contribution in [2.24, 2.45) is 5.92 Å². The average Bonchev–Trinajstić information content (AvgIpc) is 2.59. The Morgan fingerprint density at radius 2 is 1.64 bits per heavy atom. The molecule has 0 amide bonds. The van der Waals surface area contributed by atoms with Gasteiger partial charge in [-0.3, -0.25) is 4.79 Å². The van der Waals surface area contributed by atoms with Crippen LogP contribution in [-0.2, 0) is 0 Å². The maximum absolute atomic E-state index is 12.6. The summed E-state index contributed by atoms with van der Waals surface area (Å²) in [5, 5.41) is 0. The highest BCUT2D eigenvalue weighted by Gasteiger charge is 2.21. The molecule has 22 heavy (non-hydrogen) atoms. The second-order valence-corrected chi connectivity index (χ2v) is 5.49. The zero-order chi connectivity index (χ0) is 15.8. The maximum Gasteiger partial charge on any atom is 0.163 e. The first-order chi connectivity index (χ1) is 10.7. The third-order valence-electron chi connectivity index (χ3n) is 3.91. The third kappa shape index (κ3) is 4.29. The molecule has 0 radical (unpaired) electrons. The van der Waals surface area contributed by atoms with E-state index < -0.39 is 0 Å². The Morgan fingerprint density at radius 3 is 2.23 bits per heavy atom. The van der Waals surface area contributed by atoms with E-state index in [-0.39, 0.29) is 17.6 Å². The molecule has 2 aromatic carbocycles. The highest BCUT2D eigenvalue weighted by atomic mass is 16.1. The minimum absolute atomic E-state index is 0.171. The molecule has 2 rings (SSSR count). The lowest BCUT2D eigenvalue weighted by molar-refractivity contribution is 0.0968. The minimum atomic E-state index is 0.171. The van der Waals surface area contributed by atoms with Crippen molar-refractivity contribution in [2.75, 3.05) is 0 Å². The van der Waals surface area contributed by atoms with Gasteiger partial charge in [0.05, 0.1) is 0 Å². The molecule has 112 valence electrons. The summed E-state index contributed by atoms with van der Waals surface area (Å²) in [7, 11) is 0. The molecule has 1 heteroatoms. The molecule has 2 unspecified atom stereocenters. The van der Waals surface area contributed by atoms with Crippen LogP contribution in [-0.4, -0.2) is 5.78 Å². The number of benzene rings is 2. The summed E-state index contributed by atoms with van der Waals surface area (Å²) in [5.41, 5.74) is 1.98. The van der Waals surface area contributed by atoms with Gasteiger partial charge in [-0.25, -0.2) is 0 Å². The number of hydrogen-bond donors (Lipinski definition) is 0. The van der Waals surface area contributed by atoms with E-state index in [4.69, 9.17) is 0 Å². The Bertz CT molecular complexity index is 625. The number of carbonyl (C=O) groups is 1. The first kappa shape index (κ1) is 16.0. The molecule has 0 saturated carbocycles. The van der Waals surface area contributed by atoms with E-state index in [1.54, 1.807) is 6.08 Å². The highest BCUT2D eigenvalue weighted by molar-refractivity contribution is 5.96. The van der Waals surface area contributed by atoms with E-state index in [0.717, 1.165) is 5.56 Å². The van der Waals surface area contributed by atoms with Crippen LogP contribution < -0.4 is 0 Å². The van der Waals surface area contributed by atoms with Gasteiger partial charge in [0.2, 0.25) is 0 Å². The van der Waals surface area contributed by atoms with Gasteiger partial charge in [-0.05, 0) is 17.4 Å². The van der Waals surface area contributed by atoms with Gasteiger partial charge in [-0.15, -0.1) is 0 Å². The van der Waals surface area contributed by atoms with Crippen LogP contribution in [0.25, 0.3) is 0 Å². The zero-order valence-electron chi connectivity index (χ0n) is 13.0. The average molecular weight is 290 g/mol. The van der Waals surface area contributed by atoms with Crippen LogP contribution in [0.15, 0.2) is 85.5 Å². The van der Waals surface area contributed by atoms with Crippen molar-refractivity contribution in [2.45, 2.75) is 19.3 Å². The monoisotopic (exact) mass is 290 g/mol. The van der Waals surface area contributed by atoms with Gasteiger partial charge in [0.25, 0.3) is 0 Å². The van der Waals surface area contributed by atoms with Gasteiger partial charge in [0.1, 0.15) is 0 Å². The molecule has 0 aliphatic carbocycles. The largest absolute Gasteiger partial charge is 0.294 e. The molecule has 0 aliphatic rings. The molecule has 0 bridgehead atoms. The second kappa shape index (κ2) is 8.14. The predicted octanol–water partition coefficient (Wildman–Crippen LogP) is 5.42. The Hall–Kier alpha value is -2.41. The topological polar surface area (TPSA) is 17.1 Å². The molecule has 0 aliphatic heterocycles. The quantitative estimate of drug-likeness (QED) is 0.491. The Morgan fingerprint density at radius 1 is 1.05 bits per heavy atom. The first-order valence-electron chi connectivity index (χ1n) is 7.64. The lowest BCUT2D eigenvalue weighted by atomic mass is 9.82. The number of Topliss-reactive ketones (excluding diaryl/α,β-unsaturated/α-hetero) is 1. The van der Waals surface area contributed by atoms with E-state index in [2.05, 4.69) is 31.7 Å². The molecular formula is C21H22O. The van der Waals surface area contributed by atoms with Crippen molar-refractivity contribution in [1.29, 1.82) is 0 Å². The van der Waals surface area contributed by atoms with Crippen molar-refractivity contribution in [3.63, 3.8) is 0 Å². The Kier molecular flexibility index (Phi) is 5.91. The summed E-state index contributed by atoms with van der Waals surface area (Å²) in [5.74, 6) is 0.631. The molecular weight excluding hydrogens is 268 g/mol. The molecule has 2 atom stereocenters. The fourth-order valence-electron chi connectivity index (χ4n) is 2.64. The van der Waals surface area contributed by atoms with Crippen LogP contribution in [0.4, 0.5) is 0 Å². The van der Waals surface area contributed by atoms with Crippen LogP contribution in [0.5, 0.6) is 0 Å². The van der Waals surface area contributed by atoms with Crippen molar-refractivity contribution >= 4 is 5.78 Å². The molecule has 0 aromatic heterocycles. The van der Waals surface area contributed by atoms with Gasteiger partial charge < -0.3 is 0 Å². The van der Waals surface area contributed by atoms with Crippen LogP contribution in [0.3, 0.4) is 0 Å². The summed E-state index contributed by atoms with van der Waals surface area (Å²) in [6.07, 6.45) is 6.35. The minimum Gasteiger partial charge on any atom is -0.294 e. The van der Waals surface area contributed by atoms with Crippen molar-refractivity contribution in [3.05, 3.63) is 96.6 Å². The Balaban J connectivity index is 2.23. The maximum atomic E-state index is 12.6. The number of rotatable bonds is 7. The fourth-order valence-corrected chi connectivity index (χ4v) is 2.64. The lowest BCUT2D eigenvalue weighted by Gasteiger charge is -2.21. The predicted molar refractivity (Wildman–Crippen MR) is 93.1 cm³/mol. The second-order valence-electron chi connectivity index (χ2n) is 5.49. The number of allylic oxidation sites excluding steroid dienone is 3. The Labute approximate surface area is 133 Å². The van der Waals surface area contributed by atoms with Crippen LogP contribution in [0.2, 0.25) is 0 Å². The van der Waals surface area contributed by atoms with E-state index in [0.29, 0.717) is 6.42 Å². The number of hydrogen-bond acceptors (Lipinski definition) is 1. The lowest BCUT2D eigenvalue weighted by Crippen LogP contribution is -2.13. The van der Waals surface area contributed by atoms with Crippen LogP contribution in [0.1, 0.15) is 35.2 Å². The SMILES string of the molecule is C=CC=CC(C)C(CC(=O)c1ccccc1)c1ccccc1. The summed E-state index contributed by atoms with van der Waals surface area (Å²) in [6, 6.07) is 19.8. The van der Waals surface area contributed by atoms with E-state index in [1.807, 2.05) is 54.6 Å². The molecule has 0 heterocycles. The fraction of sp³-hybridized carbons (Fsp3) is 0.190. The normalized spacial score (nSPS) is 13.7. The third-order valence-corrected chi connectivity index (χ3v) is 3.91. The molecule has 1 nitrogen and oxygen atoms in total. The van der Waals surface area contributed by atoms with Gasteiger partial charge in [-0.2, -0.15) is 0 Å². The molecule has 0 N–H and O–H groups in total. The van der Waals surface area contributed by atoms with Gasteiger partial charge in [0.15, 0.2) is 5.78 Å². The summed E-state index contributed by atoms with van der Waals surface area (Å²) >= 11 is 0. The molecule has 0 fully saturated rings. The molecule has 0 spiro atoms. The number of carbonyl (C=O) groups excluding carboxylic acids is 1. The van der Waals surface area contributed by atoms with Gasteiger partial charge in [0, 0.05) is 12.0 Å². The first-order valence-corrected chi connectivity index (χ1v) is 7.64. The van der Waals surface area contributed by atoms with Gasteiger partial charge in [-0.1, -0.05) is 92.4 Å². The van der Waals surface area contributed by atoms with Crippen LogP contribution >= 0.6 is 0 Å². The molecule has 0 saturated heterocycles. The summed E-state index contributed by atoms with van der Waals surface area (Å²) in [4.78, 5) is 12.6.